The van der Waals surface area contributed by atoms with Crippen LogP contribution in [0.3, 0.4) is 0 Å². The summed E-state index contributed by atoms with van der Waals surface area (Å²) in [5.41, 5.74) is 11.1. The van der Waals surface area contributed by atoms with Crippen LogP contribution in [0.15, 0.2) is 18.3 Å². The highest BCUT2D eigenvalue weighted by Gasteiger charge is 2.04. The van der Waals surface area contributed by atoms with Gasteiger partial charge in [-0.1, -0.05) is 0 Å². The summed E-state index contributed by atoms with van der Waals surface area (Å²) >= 11 is 4.52. The normalized spacial score (nSPS) is 9.21. The SMILES string of the molecule is Cc1ccc(C(=O)NNC(N)=S)cn1. The molecular formula is C8H10N4OS. The summed E-state index contributed by atoms with van der Waals surface area (Å²) in [5, 5.41) is 0.0124. The fourth-order valence-electron chi connectivity index (χ4n) is 0.793. The van der Waals surface area contributed by atoms with Crippen molar-refractivity contribution in [3.8, 4) is 0 Å². The number of hydrogen-bond acceptors (Lipinski definition) is 3. The van der Waals surface area contributed by atoms with Gasteiger partial charge < -0.3 is 5.73 Å². The zero-order chi connectivity index (χ0) is 10.6. The van der Waals surface area contributed by atoms with E-state index in [-0.39, 0.29) is 11.0 Å². The van der Waals surface area contributed by atoms with Gasteiger partial charge in [-0.2, -0.15) is 0 Å². The number of carbonyl (C=O) groups excluding carboxylic acids is 1. The maximum atomic E-state index is 11.3. The maximum Gasteiger partial charge on any atom is 0.271 e. The van der Waals surface area contributed by atoms with E-state index in [1.54, 1.807) is 12.1 Å². The number of amides is 1. The molecule has 0 saturated carbocycles. The van der Waals surface area contributed by atoms with Gasteiger partial charge >= 0.3 is 0 Å². The molecule has 0 unspecified atom stereocenters. The summed E-state index contributed by atoms with van der Waals surface area (Å²) in [6.07, 6.45) is 1.48. The van der Waals surface area contributed by atoms with E-state index in [1.807, 2.05) is 6.92 Å². The van der Waals surface area contributed by atoms with Crippen molar-refractivity contribution in [3.63, 3.8) is 0 Å². The maximum absolute atomic E-state index is 11.3. The third-order valence-corrected chi connectivity index (χ3v) is 1.57. The van der Waals surface area contributed by atoms with Crippen molar-refractivity contribution in [1.29, 1.82) is 0 Å². The molecule has 4 N–H and O–H groups in total. The summed E-state index contributed by atoms with van der Waals surface area (Å²) in [7, 11) is 0. The Balaban J connectivity index is 2.61. The number of nitrogens with one attached hydrogen (secondary N) is 2. The molecule has 1 heterocycles. The lowest BCUT2D eigenvalue weighted by Crippen LogP contribution is -2.44. The Hall–Kier alpha value is -1.69. The van der Waals surface area contributed by atoms with Gasteiger partial charge in [0.2, 0.25) is 0 Å². The standard InChI is InChI=1S/C8H10N4OS/c1-5-2-3-6(4-10-5)7(13)11-12-8(9)14/h2-4H,1H3,(H,11,13)(H3,9,12,14). The van der Waals surface area contributed by atoms with Crippen LogP contribution in [-0.4, -0.2) is 16.0 Å². The molecule has 1 aromatic rings. The Labute approximate surface area is 86.7 Å². The van der Waals surface area contributed by atoms with Crippen molar-refractivity contribution in [2.45, 2.75) is 6.92 Å². The van der Waals surface area contributed by atoms with Gasteiger partial charge in [0.25, 0.3) is 5.91 Å². The molecule has 14 heavy (non-hydrogen) atoms. The smallest absolute Gasteiger partial charge is 0.271 e. The van der Waals surface area contributed by atoms with Crippen molar-refractivity contribution in [2.75, 3.05) is 0 Å². The summed E-state index contributed by atoms with van der Waals surface area (Å²) in [6.45, 7) is 1.84. The molecule has 0 saturated heterocycles. The Bertz CT molecular complexity index is 349. The van der Waals surface area contributed by atoms with E-state index in [9.17, 15) is 4.79 Å². The molecule has 1 aromatic heterocycles. The van der Waals surface area contributed by atoms with Crippen LogP contribution < -0.4 is 16.6 Å². The molecular weight excluding hydrogens is 200 g/mol. The summed E-state index contributed by atoms with van der Waals surface area (Å²) in [5.74, 6) is -0.328. The number of aryl methyl sites for hydroxylation is 1. The first-order valence-electron chi connectivity index (χ1n) is 3.88. The number of nitrogens with two attached hydrogens (primary N) is 1. The zero-order valence-corrected chi connectivity index (χ0v) is 8.39. The predicted molar refractivity (Wildman–Crippen MR) is 56.4 cm³/mol. The van der Waals surface area contributed by atoms with Crippen LogP contribution >= 0.6 is 12.2 Å². The van der Waals surface area contributed by atoms with E-state index in [0.717, 1.165) is 5.69 Å². The van der Waals surface area contributed by atoms with Crippen molar-refractivity contribution in [1.82, 2.24) is 15.8 Å². The molecule has 6 heteroatoms. The predicted octanol–water partition coefficient (Wildman–Crippen LogP) is -0.132. The molecule has 5 nitrogen and oxygen atoms in total. The fraction of sp³-hybridized carbons (Fsp3) is 0.125. The molecule has 0 fully saturated rings. The molecule has 0 spiro atoms. The van der Waals surface area contributed by atoms with E-state index in [2.05, 4.69) is 28.1 Å². The van der Waals surface area contributed by atoms with Gasteiger partial charge in [0.15, 0.2) is 5.11 Å². The quantitative estimate of drug-likeness (QED) is 0.444. The molecule has 0 aliphatic heterocycles. The van der Waals surface area contributed by atoms with Gasteiger partial charge in [-0.05, 0) is 31.3 Å². The van der Waals surface area contributed by atoms with Crippen molar-refractivity contribution < 1.29 is 4.79 Å². The van der Waals surface area contributed by atoms with Gasteiger partial charge in [0, 0.05) is 11.9 Å². The molecule has 74 valence electrons. The van der Waals surface area contributed by atoms with Crippen LogP contribution in [0, 0.1) is 6.92 Å². The lowest BCUT2D eigenvalue weighted by molar-refractivity contribution is 0.0943. The minimum absolute atomic E-state index is 0.0124. The van der Waals surface area contributed by atoms with E-state index >= 15 is 0 Å². The molecule has 1 rings (SSSR count). The van der Waals surface area contributed by atoms with E-state index < -0.39 is 0 Å². The third kappa shape index (κ3) is 2.98. The van der Waals surface area contributed by atoms with Gasteiger partial charge in [-0.25, -0.2) is 0 Å². The Morgan fingerprint density at radius 2 is 2.21 bits per heavy atom. The van der Waals surface area contributed by atoms with Crippen LogP contribution in [-0.2, 0) is 0 Å². The van der Waals surface area contributed by atoms with Crippen LogP contribution in [0.25, 0.3) is 0 Å². The number of carbonyl (C=O) groups is 1. The topological polar surface area (TPSA) is 80.0 Å². The molecule has 0 atom stereocenters. The monoisotopic (exact) mass is 210 g/mol. The first kappa shape index (κ1) is 10.4. The third-order valence-electron chi connectivity index (χ3n) is 1.47. The first-order chi connectivity index (χ1) is 6.59. The number of rotatable bonds is 1. The van der Waals surface area contributed by atoms with Crippen LogP contribution in [0.5, 0.6) is 0 Å². The molecule has 0 aromatic carbocycles. The summed E-state index contributed by atoms with van der Waals surface area (Å²) in [6, 6.07) is 3.41. The highest BCUT2D eigenvalue weighted by molar-refractivity contribution is 7.80. The van der Waals surface area contributed by atoms with Gasteiger partial charge in [-0.3, -0.25) is 20.6 Å². The van der Waals surface area contributed by atoms with Crippen LogP contribution in [0.1, 0.15) is 16.1 Å². The van der Waals surface area contributed by atoms with Crippen molar-refractivity contribution in [2.24, 2.45) is 5.73 Å². The minimum atomic E-state index is -0.328. The van der Waals surface area contributed by atoms with Crippen molar-refractivity contribution >= 4 is 23.2 Å². The minimum Gasteiger partial charge on any atom is -0.375 e. The summed E-state index contributed by atoms with van der Waals surface area (Å²) < 4.78 is 0. The number of nitrogens with zero attached hydrogens (tertiary/aromatic N) is 1. The number of thiocarbonyl (C=S) groups is 1. The highest BCUT2D eigenvalue weighted by atomic mass is 32.1. The number of aromatic nitrogens is 1. The van der Waals surface area contributed by atoms with E-state index in [1.165, 1.54) is 6.20 Å². The van der Waals surface area contributed by atoms with Gasteiger partial charge in [0.05, 0.1) is 5.56 Å². The van der Waals surface area contributed by atoms with E-state index in [4.69, 9.17) is 5.73 Å². The number of pyridine rings is 1. The average Bonchev–Trinajstić information content (AvgIpc) is 2.15. The molecule has 0 aliphatic rings. The second-order valence-corrected chi connectivity index (χ2v) is 3.07. The van der Waals surface area contributed by atoms with Gasteiger partial charge in [-0.15, -0.1) is 0 Å². The van der Waals surface area contributed by atoms with Crippen molar-refractivity contribution in [3.05, 3.63) is 29.6 Å². The second-order valence-electron chi connectivity index (χ2n) is 2.63. The Kier molecular flexibility index (Phi) is 3.35. The van der Waals surface area contributed by atoms with E-state index in [0.29, 0.717) is 5.56 Å². The lowest BCUT2D eigenvalue weighted by atomic mass is 10.2. The highest BCUT2D eigenvalue weighted by Crippen LogP contribution is 1.97. The molecule has 0 aliphatic carbocycles. The fourth-order valence-corrected chi connectivity index (χ4v) is 0.844. The average molecular weight is 210 g/mol. The van der Waals surface area contributed by atoms with Gasteiger partial charge in [0.1, 0.15) is 0 Å². The molecule has 1 amide bonds. The summed E-state index contributed by atoms with van der Waals surface area (Å²) in [4.78, 5) is 15.3. The lowest BCUT2D eigenvalue weighted by Gasteiger charge is -2.05. The van der Waals surface area contributed by atoms with Crippen LogP contribution in [0.4, 0.5) is 0 Å². The second kappa shape index (κ2) is 4.52. The largest absolute Gasteiger partial charge is 0.375 e. The first-order valence-corrected chi connectivity index (χ1v) is 4.29. The molecule has 0 bridgehead atoms. The van der Waals surface area contributed by atoms with Crippen LogP contribution in [0.2, 0.25) is 0 Å². The number of hydrazine groups is 1. The molecule has 0 radical (unpaired) electrons. The Morgan fingerprint density at radius 1 is 1.50 bits per heavy atom. The number of hydrogen-bond donors (Lipinski definition) is 3. The zero-order valence-electron chi connectivity index (χ0n) is 7.57. The Morgan fingerprint density at radius 3 is 2.71 bits per heavy atom.